The van der Waals surface area contributed by atoms with Crippen LogP contribution in [0.2, 0.25) is 0 Å². The van der Waals surface area contributed by atoms with Crippen molar-refractivity contribution < 1.29 is 66.2 Å². The first-order valence-corrected chi connectivity index (χ1v) is 20.3. The molecule has 0 amide bonds. The number of benzene rings is 2. The molecule has 312 valence electrons. The van der Waals surface area contributed by atoms with Crippen molar-refractivity contribution >= 4 is 35.8 Å². The van der Waals surface area contributed by atoms with Gasteiger partial charge in [0.2, 0.25) is 0 Å². The Morgan fingerprint density at radius 2 is 0.828 bits per heavy atom. The van der Waals surface area contributed by atoms with Crippen molar-refractivity contribution in [1.29, 1.82) is 0 Å². The Bertz CT molecular complexity index is 1790. The third kappa shape index (κ3) is 10.1. The van der Waals surface area contributed by atoms with Crippen molar-refractivity contribution in [3.05, 3.63) is 59.7 Å². The number of piperidine rings is 4. The molecular formula is C44H56N2O12+2. The smallest absolute Gasteiger partial charge is 0.331 e. The van der Waals surface area contributed by atoms with E-state index in [1.807, 2.05) is 12.1 Å². The molecule has 0 aliphatic carbocycles. The number of hydrogen-bond acceptors (Lipinski definition) is 12. The third-order valence-corrected chi connectivity index (χ3v) is 12.6. The van der Waals surface area contributed by atoms with Gasteiger partial charge in [0, 0.05) is 76.7 Å². The summed E-state index contributed by atoms with van der Waals surface area (Å²) >= 11 is 0. The van der Waals surface area contributed by atoms with Crippen molar-refractivity contribution in [1.82, 2.24) is 0 Å². The van der Waals surface area contributed by atoms with Crippen LogP contribution in [-0.2, 0) is 51.3 Å². The van der Waals surface area contributed by atoms with Gasteiger partial charge in [0.1, 0.15) is 25.3 Å². The summed E-state index contributed by atoms with van der Waals surface area (Å²) in [6, 6.07) is 11.5. The Hall–Kier alpha value is -5.08. The fourth-order valence-corrected chi connectivity index (χ4v) is 10.1. The van der Waals surface area contributed by atoms with E-state index < -0.39 is 35.8 Å². The van der Waals surface area contributed by atoms with Gasteiger partial charge in [0.15, 0.2) is 23.0 Å². The van der Waals surface area contributed by atoms with Crippen LogP contribution in [0.15, 0.2) is 48.6 Å². The van der Waals surface area contributed by atoms with Crippen molar-refractivity contribution in [3.8, 4) is 23.0 Å². The maximum absolute atomic E-state index is 13.0. The highest BCUT2D eigenvalue weighted by atomic mass is 16.6. The number of ether oxygens (including phenoxy) is 6. The standard InChI is InChI=1S/C44H56N2O12/c1-27(47)53-39-15-13-31(19-41(39)55-29(3)49)25-45(5)33-9-7-10-34(45)22-37(21-33)57-43(51)17-18-44(52)58-38-23-35-11-8-12-36(24-38)46(35,6)26-32-14-16-40(54-28(2)48)42(20-32)56-30(4)50/h13-20,33-38H,7-12,21-26H2,1-6H3/q+2/b18-17+. The van der Waals surface area contributed by atoms with Gasteiger partial charge in [-0.15, -0.1) is 0 Å². The van der Waals surface area contributed by atoms with E-state index in [0.717, 1.165) is 58.6 Å². The number of quaternary nitrogens is 2. The van der Waals surface area contributed by atoms with Crippen molar-refractivity contribution in [3.63, 3.8) is 0 Å². The Balaban J connectivity index is 1.03. The molecule has 4 heterocycles. The van der Waals surface area contributed by atoms with Crippen LogP contribution in [0, 0.1) is 0 Å². The average molecular weight is 805 g/mol. The maximum Gasteiger partial charge on any atom is 0.331 e. The van der Waals surface area contributed by atoms with E-state index in [4.69, 9.17) is 28.4 Å². The molecule has 58 heavy (non-hydrogen) atoms. The quantitative estimate of drug-likeness (QED) is 0.110. The fraction of sp³-hybridized carbons (Fsp3) is 0.545. The highest BCUT2D eigenvalue weighted by molar-refractivity contribution is 5.91. The summed E-state index contributed by atoms with van der Waals surface area (Å²) in [5.41, 5.74) is 1.88. The third-order valence-electron chi connectivity index (χ3n) is 12.6. The molecule has 4 bridgehead atoms. The SMILES string of the molecule is CC(=O)Oc1ccc(C[N+]2(C)C3CCCC2CC(OC(=O)/C=C/C(=O)OC2CC4CCCC(C2)[N+]4(C)Cc2ccc(OC(C)=O)c(OC(C)=O)c2)C3)cc1OC(C)=O. The zero-order valence-corrected chi connectivity index (χ0v) is 34.4. The summed E-state index contributed by atoms with van der Waals surface area (Å²) in [7, 11) is 4.45. The highest BCUT2D eigenvalue weighted by Crippen LogP contribution is 2.44. The van der Waals surface area contributed by atoms with Gasteiger partial charge < -0.3 is 37.4 Å². The fourth-order valence-electron chi connectivity index (χ4n) is 10.1. The van der Waals surface area contributed by atoms with Gasteiger partial charge in [-0.1, -0.05) is 0 Å². The first-order valence-electron chi connectivity index (χ1n) is 20.3. The molecule has 4 saturated heterocycles. The van der Waals surface area contributed by atoms with E-state index in [1.165, 1.54) is 39.8 Å². The lowest BCUT2D eigenvalue weighted by Gasteiger charge is -2.55. The minimum absolute atomic E-state index is 0.191. The van der Waals surface area contributed by atoms with Gasteiger partial charge in [-0.05, 0) is 74.9 Å². The van der Waals surface area contributed by atoms with Gasteiger partial charge in [-0.2, -0.15) is 0 Å². The molecular weight excluding hydrogens is 748 g/mol. The van der Waals surface area contributed by atoms with Crippen LogP contribution in [0.25, 0.3) is 0 Å². The first-order chi connectivity index (χ1) is 27.5. The van der Waals surface area contributed by atoms with Gasteiger partial charge >= 0.3 is 35.8 Å². The van der Waals surface area contributed by atoms with Crippen LogP contribution in [0.4, 0.5) is 0 Å². The van der Waals surface area contributed by atoms with Gasteiger partial charge in [0.25, 0.3) is 0 Å². The second-order valence-electron chi connectivity index (χ2n) is 16.8. The molecule has 14 heteroatoms. The predicted octanol–water partition coefficient (Wildman–Crippen LogP) is 5.79. The number of fused-ring (bicyclic) bond motifs is 4. The maximum atomic E-state index is 13.0. The van der Waals surface area contributed by atoms with Crippen molar-refractivity contribution in [2.45, 2.75) is 141 Å². The van der Waals surface area contributed by atoms with Crippen LogP contribution in [0.5, 0.6) is 23.0 Å². The summed E-state index contributed by atoms with van der Waals surface area (Å²) in [6.07, 6.45) is 10.6. The lowest BCUT2D eigenvalue weighted by molar-refractivity contribution is -0.979. The Morgan fingerprint density at radius 1 is 0.517 bits per heavy atom. The molecule has 4 atom stereocenters. The summed E-state index contributed by atoms with van der Waals surface area (Å²) in [5, 5.41) is 0. The molecule has 0 aromatic heterocycles. The van der Waals surface area contributed by atoms with Gasteiger partial charge in [0.05, 0.1) is 38.3 Å². The number of nitrogens with zero attached hydrogens (tertiary/aromatic N) is 2. The minimum atomic E-state index is -0.569. The van der Waals surface area contributed by atoms with E-state index in [0.29, 0.717) is 38.8 Å². The molecule has 4 aliphatic rings. The normalized spacial score (nSPS) is 28.8. The molecule has 2 aromatic carbocycles. The lowest BCUT2D eigenvalue weighted by Crippen LogP contribution is -2.65. The summed E-state index contributed by atoms with van der Waals surface area (Å²) in [5.74, 6) is -2.39. The van der Waals surface area contributed by atoms with Crippen LogP contribution < -0.4 is 18.9 Å². The number of hydrogen-bond donors (Lipinski definition) is 0. The van der Waals surface area contributed by atoms with E-state index in [2.05, 4.69) is 14.1 Å². The Morgan fingerprint density at radius 3 is 1.14 bits per heavy atom. The minimum Gasteiger partial charge on any atom is -0.459 e. The second-order valence-corrected chi connectivity index (χ2v) is 16.8. The molecule has 0 saturated carbocycles. The number of carbonyl (C=O) groups is 6. The number of rotatable bonds is 12. The molecule has 4 aliphatic heterocycles. The molecule has 2 aromatic rings. The second kappa shape index (κ2) is 17.8. The monoisotopic (exact) mass is 804 g/mol. The van der Waals surface area contributed by atoms with Gasteiger partial charge in [-0.25, -0.2) is 9.59 Å². The molecule has 4 unspecified atom stereocenters. The Kier molecular flexibility index (Phi) is 13.1. The summed E-state index contributed by atoms with van der Waals surface area (Å²) < 4.78 is 34.6. The highest BCUT2D eigenvalue weighted by Gasteiger charge is 2.51. The van der Waals surface area contributed by atoms with Crippen molar-refractivity contribution in [2.75, 3.05) is 14.1 Å². The topological polar surface area (TPSA) is 158 Å². The summed E-state index contributed by atoms with van der Waals surface area (Å²) in [4.78, 5) is 72.8. The van der Waals surface area contributed by atoms with Gasteiger partial charge in [-0.3, -0.25) is 19.2 Å². The largest absolute Gasteiger partial charge is 0.459 e. The van der Waals surface area contributed by atoms with Crippen LogP contribution in [0.3, 0.4) is 0 Å². The lowest BCUT2D eigenvalue weighted by atomic mass is 9.80. The average Bonchev–Trinajstić information content (AvgIpc) is 3.10. The molecule has 0 spiro atoms. The van der Waals surface area contributed by atoms with E-state index >= 15 is 0 Å². The van der Waals surface area contributed by atoms with E-state index in [-0.39, 0.29) is 59.4 Å². The molecule has 6 rings (SSSR count). The molecule has 0 radical (unpaired) electrons. The summed E-state index contributed by atoms with van der Waals surface area (Å²) in [6.45, 7) is 6.52. The molecule has 0 N–H and O–H groups in total. The van der Waals surface area contributed by atoms with E-state index in [9.17, 15) is 28.8 Å². The number of esters is 6. The van der Waals surface area contributed by atoms with E-state index in [1.54, 1.807) is 24.3 Å². The van der Waals surface area contributed by atoms with Crippen LogP contribution >= 0.6 is 0 Å². The molecule has 14 nitrogen and oxygen atoms in total. The van der Waals surface area contributed by atoms with Crippen LogP contribution in [0.1, 0.15) is 103 Å². The zero-order chi connectivity index (χ0) is 41.8. The van der Waals surface area contributed by atoms with Crippen LogP contribution in [-0.4, -0.2) is 95.3 Å². The molecule has 4 fully saturated rings. The predicted molar refractivity (Wildman–Crippen MR) is 208 cm³/mol. The zero-order valence-electron chi connectivity index (χ0n) is 34.4. The number of carbonyl (C=O) groups excluding carboxylic acids is 6. The first kappa shape index (κ1) is 42.5. The Labute approximate surface area is 339 Å². The van der Waals surface area contributed by atoms with Crippen molar-refractivity contribution in [2.24, 2.45) is 0 Å².